The minimum Gasteiger partial charge on any atom is -0.508 e. The molecule has 0 fully saturated rings. The third kappa shape index (κ3) is 2.90. The number of carbonyl (C=O) groups is 1. The van der Waals surface area contributed by atoms with Crippen LogP contribution in [0, 0.1) is 0 Å². The first-order chi connectivity index (χ1) is 9.71. The van der Waals surface area contributed by atoms with Crippen molar-refractivity contribution in [2.24, 2.45) is 0 Å². The van der Waals surface area contributed by atoms with Crippen molar-refractivity contribution in [3.05, 3.63) is 40.2 Å². The average Bonchev–Trinajstić information content (AvgIpc) is 2.37. The Morgan fingerprint density at radius 1 is 1.33 bits per heavy atom. The van der Waals surface area contributed by atoms with Gasteiger partial charge in [0, 0.05) is 24.1 Å². The van der Waals surface area contributed by atoms with E-state index in [-0.39, 0.29) is 17.9 Å². The molecule has 0 aliphatic rings. The maximum atomic E-state index is 11.6. The fourth-order valence-electron chi connectivity index (χ4n) is 1.97. The molecule has 0 aliphatic carbocycles. The summed E-state index contributed by atoms with van der Waals surface area (Å²) in [5.41, 5.74) is -0.680. The molecule has 2 aromatic rings. The summed E-state index contributed by atoms with van der Waals surface area (Å²) in [4.78, 5) is 24.5. The summed E-state index contributed by atoms with van der Waals surface area (Å²) in [6.45, 7) is 3.45. The smallest absolute Gasteiger partial charge is 0.336 e. The summed E-state index contributed by atoms with van der Waals surface area (Å²) >= 11 is 0. The lowest BCUT2D eigenvalue weighted by atomic mass is 10.0. The summed E-state index contributed by atoms with van der Waals surface area (Å²) in [6.07, 6.45) is 0. The van der Waals surface area contributed by atoms with Crippen molar-refractivity contribution in [3.8, 4) is 5.75 Å². The molecule has 0 spiro atoms. The van der Waals surface area contributed by atoms with E-state index in [2.05, 4.69) is 0 Å². The van der Waals surface area contributed by atoms with Gasteiger partial charge in [0.15, 0.2) is 0 Å². The summed E-state index contributed by atoms with van der Waals surface area (Å²) < 4.78 is 5.05. The Balaban J connectivity index is 2.48. The van der Waals surface area contributed by atoms with E-state index in [9.17, 15) is 19.8 Å². The summed E-state index contributed by atoms with van der Waals surface area (Å²) in [5, 5.41) is 19.4. The number of hydrogen-bond donors (Lipinski definition) is 2. The number of hydrogen-bond acceptors (Lipinski definition) is 5. The Morgan fingerprint density at radius 2 is 2.00 bits per heavy atom. The molecule has 0 atom stereocenters. The van der Waals surface area contributed by atoms with Crippen molar-refractivity contribution < 1.29 is 19.4 Å². The average molecular weight is 291 g/mol. The van der Waals surface area contributed by atoms with Gasteiger partial charge in [-0.25, -0.2) is 4.79 Å². The molecule has 0 aliphatic heterocycles. The molecule has 0 saturated heterocycles. The van der Waals surface area contributed by atoms with E-state index in [0.29, 0.717) is 10.9 Å². The molecular formula is C15H17NO5. The minimum absolute atomic E-state index is 0.00187. The molecule has 112 valence electrons. The Hall–Kier alpha value is -2.34. The van der Waals surface area contributed by atoms with Gasteiger partial charge in [-0.05, 0) is 38.6 Å². The summed E-state index contributed by atoms with van der Waals surface area (Å²) in [6, 6.07) is 5.84. The first kappa shape index (κ1) is 15.1. The van der Waals surface area contributed by atoms with Gasteiger partial charge in [-0.3, -0.25) is 9.69 Å². The van der Waals surface area contributed by atoms with Gasteiger partial charge in [-0.1, -0.05) is 0 Å². The Bertz CT molecular complexity index is 747. The van der Waals surface area contributed by atoms with Crippen LogP contribution >= 0.6 is 0 Å². The molecule has 6 heteroatoms. The summed E-state index contributed by atoms with van der Waals surface area (Å²) in [5.74, 6) is -0.947. The molecule has 6 nitrogen and oxygen atoms in total. The van der Waals surface area contributed by atoms with E-state index in [1.807, 2.05) is 0 Å². The Kier molecular flexibility index (Phi) is 3.74. The van der Waals surface area contributed by atoms with Gasteiger partial charge in [-0.15, -0.1) is 0 Å². The van der Waals surface area contributed by atoms with Gasteiger partial charge in [0.25, 0.3) is 0 Å². The predicted octanol–water partition coefficient (Wildman–Crippen LogP) is 1.79. The molecule has 2 N–H and O–H groups in total. The van der Waals surface area contributed by atoms with E-state index >= 15 is 0 Å². The first-order valence-electron chi connectivity index (χ1n) is 6.42. The lowest BCUT2D eigenvalue weighted by molar-refractivity contribution is -0.148. The lowest BCUT2D eigenvalue weighted by Crippen LogP contribution is -2.47. The van der Waals surface area contributed by atoms with Crippen LogP contribution < -0.4 is 5.63 Å². The number of benzene rings is 1. The third-order valence-electron chi connectivity index (χ3n) is 3.70. The van der Waals surface area contributed by atoms with E-state index in [4.69, 9.17) is 4.42 Å². The molecule has 0 unspecified atom stereocenters. The highest BCUT2D eigenvalue weighted by Gasteiger charge is 2.32. The number of carboxylic acids is 1. The quantitative estimate of drug-likeness (QED) is 0.835. The van der Waals surface area contributed by atoms with Crippen LogP contribution in [-0.2, 0) is 11.3 Å². The van der Waals surface area contributed by atoms with Crippen LogP contribution in [0.3, 0.4) is 0 Å². The van der Waals surface area contributed by atoms with Gasteiger partial charge in [0.2, 0.25) is 0 Å². The van der Waals surface area contributed by atoms with Gasteiger partial charge in [0.1, 0.15) is 16.9 Å². The number of likely N-dealkylation sites (N-methyl/N-ethyl adjacent to an activating group) is 1. The maximum Gasteiger partial charge on any atom is 0.336 e. The monoisotopic (exact) mass is 291 g/mol. The van der Waals surface area contributed by atoms with E-state index < -0.39 is 17.1 Å². The molecule has 1 aromatic heterocycles. The van der Waals surface area contributed by atoms with Crippen LogP contribution in [0.4, 0.5) is 0 Å². The van der Waals surface area contributed by atoms with Crippen molar-refractivity contribution in [2.45, 2.75) is 25.9 Å². The second-order valence-electron chi connectivity index (χ2n) is 5.49. The normalized spacial score (nSPS) is 12.0. The van der Waals surface area contributed by atoms with Crippen LogP contribution in [0.25, 0.3) is 11.0 Å². The van der Waals surface area contributed by atoms with Gasteiger partial charge in [0.05, 0.1) is 0 Å². The number of nitrogens with zero attached hydrogens (tertiary/aromatic N) is 1. The number of phenols is 1. The van der Waals surface area contributed by atoms with E-state index in [1.54, 1.807) is 31.9 Å². The van der Waals surface area contributed by atoms with Crippen molar-refractivity contribution in [1.82, 2.24) is 4.90 Å². The zero-order valence-corrected chi connectivity index (χ0v) is 12.1. The molecule has 0 bridgehead atoms. The zero-order chi connectivity index (χ0) is 15.8. The lowest BCUT2D eigenvalue weighted by Gasteiger charge is -2.31. The molecule has 0 radical (unpaired) electrons. The number of aromatic hydroxyl groups is 1. The maximum absolute atomic E-state index is 11.6. The van der Waals surface area contributed by atoms with Crippen molar-refractivity contribution in [1.29, 1.82) is 0 Å². The molecule has 1 aromatic carbocycles. The van der Waals surface area contributed by atoms with E-state index in [1.165, 1.54) is 18.2 Å². The summed E-state index contributed by atoms with van der Waals surface area (Å²) in [7, 11) is 1.68. The minimum atomic E-state index is -1.07. The topological polar surface area (TPSA) is 91.0 Å². The highest BCUT2D eigenvalue weighted by atomic mass is 16.4. The number of fused-ring (bicyclic) bond motifs is 1. The highest BCUT2D eigenvalue weighted by Crippen LogP contribution is 2.24. The molecule has 21 heavy (non-hydrogen) atoms. The molecule has 1 heterocycles. The Morgan fingerprint density at radius 3 is 2.62 bits per heavy atom. The Labute approximate surface area is 121 Å². The highest BCUT2D eigenvalue weighted by molar-refractivity contribution is 5.82. The second-order valence-corrected chi connectivity index (χ2v) is 5.49. The van der Waals surface area contributed by atoms with Crippen LogP contribution in [0.5, 0.6) is 5.75 Å². The van der Waals surface area contributed by atoms with Crippen LogP contribution in [0.15, 0.2) is 33.5 Å². The number of aliphatic carboxylic acids is 1. The van der Waals surface area contributed by atoms with Crippen molar-refractivity contribution >= 4 is 16.9 Å². The molecule has 0 saturated carbocycles. The van der Waals surface area contributed by atoms with Gasteiger partial charge >= 0.3 is 11.6 Å². The van der Waals surface area contributed by atoms with Crippen LogP contribution in [0.1, 0.15) is 19.4 Å². The SMILES string of the molecule is CN(Cc1cc(=O)oc2cc(O)ccc12)C(C)(C)C(=O)O. The fourth-order valence-corrected chi connectivity index (χ4v) is 1.97. The largest absolute Gasteiger partial charge is 0.508 e. The molecule has 2 rings (SSSR count). The van der Waals surface area contributed by atoms with Crippen molar-refractivity contribution in [3.63, 3.8) is 0 Å². The first-order valence-corrected chi connectivity index (χ1v) is 6.42. The second kappa shape index (κ2) is 5.21. The van der Waals surface area contributed by atoms with Crippen LogP contribution in [-0.4, -0.2) is 33.7 Å². The van der Waals surface area contributed by atoms with E-state index in [0.717, 1.165) is 0 Å². The number of rotatable bonds is 4. The van der Waals surface area contributed by atoms with Crippen LogP contribution in [0.2, 0.25) is 0 Å². The third-order valence-corrected chi connectivity index (χ3v) is 3.70. The number of phenolic OH excluding ortho intramolecular Hbond substituents is 1. The standard InChI is InChI=1S/C15H17NO5/c1-15(2,14(19)20)16(3)8-9-6-13(18)21-12-7-10(17)4-5-11(9)12/h4-7,17H,8H2,1-3H3,(H,19,20). The molecule has 0 amide bonds. The molecular weight excluding hydrogens is 274 g/mol. The number of carboxylic acid groups (broad SMARTS) is 1. The van der Waals surface area contributed by atoms with Gasteiger partial charge in [-0.2, -0.15) is 0 Å². The predicted molar refractivity (Wildman–Crippen MR) is 77.3 cm³/mol. The van der Waals surface area contributed by atoms with Gasteiger partial charge < -0.3 is 14.6 Å². The fraction of sp³-hybridized carbons (Fsp3) is 0.333. The van der Waals surface area contributed by atoms with Crippen molar-refractivity contribution in [2.75, 3.05) is 7.05 Å². The zero-order valence-electron chi connectivity index (χ0n) is 12.1.